The van der Waals surface area contributed by atoms with Crippen LogP contribution in [0.1, 0.15) is 11.1 Å². The topological polar surface area (TPSA) is 32.5 Å². The standard InChI is InChI=1S/C14H20F3N3/c1-19-2-4-20(5-3-19)9-11-6-12(8-13(18)7-11)14(16,17)10-15/h6-8H,2-5,9-10,18H2,1H3. The molecule has 2 N–H and O–H groups in total. The van der Waals surface area contributed by atoms with Gasteiger partial charge in [-0.25, -0.2) is 4.39 Å². The molecule has 0 saturated carbocycles. The van der Waals surface area contributed by atoms with Gasteiger partial charge >= 0.3 is 5.92 Å². The van der Waals surface area contributed by atoms with Gasteiger partial charge in [-0.1, -0.05) is 0 Å². The average Bonchev–Trinajstić information content (AvgIpc) is 2.41. The molecule has 0 aromatic heterocycles. The van der Waals surface area contributed by atoms with Crippen LogP contribution >= 0.6 is 0 Å². The average molecular weight is 287 g/mol. The van der Waals surface area contributed by atoms with Crippen LogP contribution in [0, 0.1) is 0 Å². The summed E-state index contributed by atoms with van der Waals surface area (Å²) in [7, 11) is 2.05. The summed E-state index contributed by atoms with van der Waals surface area (Å²) >= 11 is 0. The van der Waals surface area contributed by atoms with Gasteiger partial charge in [0.15, 0.2) is 6.67 Å². The van der Waals surface area contributed by atoms with Gasteiger partial charge in [-0.2, -0.15) is 8.78 Å². The highest BCUT2D eigenvalue weighted by atomic mass is 19.3. The Kier molecular flexibility index (Phi) is 4.55. The number of hydrogen-bond donors (Lipinski definition) is 1. The van der Waals surface area contributed by atoms with Gasteiger partial charge in [-0.05, 0) is 30.8 Å². The van der Waals surface area contributed by atoms with E-state index < -0.39 is 12.6 Å². The molecule has 0 amide bonds. The van der Waals surface area contributed by atoms with E-state index >= 15 is 0 Å². The van der Waals surface area contributed by atoms with Crippen LogP contribution in [0.3, 0.4) is 0 Å². The first-order valence-corrected chi connectivity index (χ1v) is 6.65. The number of halogens is 3. The van der Waals surface area contributed by atoms with Gasteiger partial charge in [-0.15, -0.1) is 0 Å². The summed E-state index contributed by atoms with van der Waals surface area (Å²) in [4.78, 5) is 4.41. The van der Waals surface area contributed by atoms with Gasteiger partial charge in [0, 0.05) is 44.0 Å². The van der Waals surface area contributed by atoms with Crippen molar-refractivity contribution in [3.05, 3.63) is 29.3 Å². The van der Waals surface area contributed by atoms with Gasteiger partial charge < -0.3 is 10.6 Å². The Hall–Kier alpha value is -1.27. The fourth-order valence-corrected chi connectivity index (χ4v) is 2.36. The van der Waals surface area contributed by atoms with E-state index in [0.717, 1.165) is 32.2 Å². The van der Waals surface area contributed by atoms with E-state index in [4.69, 9.17) is 5.73 Å². The summed E-state index contributed by atoms with van der Waals surface area (Å²) in [5, 5.41) is 0. The Bertz CT molecular complexity index is 457. The summed E-state index contributed by atoms with van der Waals surface area (Å²) in [5.74, 6) is -3.47. The molecule has 1 fully saturated rings. The first-order valence-electron chi connectivity index (χ1n) is 6.65. The van der Waals surface area contributed by atoms with Crippen molar-refractivity contribution >= 4 is 5.69 Å². The summed E-state index contributed by atoms with van der Waals surface area (Å²) < 4.78 is 39.3. The minimum absolute atomic E-state index is 0.250. The van der Waals surface area contributed by atoms with Crippen LogP contribution in [-0.4, -0.2) is 49.7 Å². The van der Waals surface area contributed by atoms with Crippen LogP contribution in [0.5, 0.6) is 0 Å². The Morgan fingerprint density at radius 2 is 1.80 bits per heavy atom. The molecule has 1 aliphatic rings. The normalized spacial score (nSPS) is 18.4. The maximum Gasteiger partial charge on any atom is 0.301 e. The predicted molar refractivity (Wildman–Crippen MR) is 73.5 cm³/mol. The largest absolute Gasteiger partial charge is 0.399 e. The van der Waals surface area contributed by atoms with Crippen molar-refractivity contribution in [2.45, 2.75) is 12.5 Å². The predicted octanol–water partition coefficient (Wildman–Crippen LogP) is 2.08. The number of benzene rings is 1. The van der Waals surface area contributed by atoms with E-state index in [1.807, 2.05) is 0 Å². The Labute approximate surface area is 117 Å². The Morgan fingerprint density at radius 3 is 2.40 bits per heavy atom. The molecular formula is C14H20F3N3. The third kappa shape index (κ3) is 3.64. The second kappa shape index (κ2) is 6.01. The van der Waals surface area contributed by atoms with Crippen molar-refractivity contribution in [3.8, 4) is 0 Å². The van der Waals surface area contributed by atoms with E-state index in [0.29, 0.717) is 12.1 Å². The van der Waals surface area contributed by atoms with Crippen LogP contribution in [0.15, 0.2) is 18.2 Å². The van der Waals surface area contributed by atoms with Crippen LogP contribution in [0.2, 0.25) is 0 Å². The molecule has 0 radical (unpaired) electrons. The molecular weight excluding hydrogens is 267 g/mol. The molecule has 1 saturated heterocycles. The molecule has 0 spiro atoms. The summed E-state index contributed by atoms with van der Waals surface area (Å²) in [6, 6.07) is 4.18. The molecule has 0 unspecified atom stereocenters. The lowest BCUT2D eigenvalue weighted by Crippen LogP contribution is -2.43. The van der Waals surface area contributed by atoms with Crippen molar-refractivity contribution < 1.29 is 13.2 Å². The highest BCUT2D eigenvalue weighted by Gasteiger charge is 2.32. The fourth-order valence-electron chi connectivity index (χ4n) is 2.36. The lowest BCUT2D eigenvalue weighted by molar-refractivity contribution is -0.0281. The number of likely N-dealkylation sites (N-methyl/N-ethyl adjacent to an activating group) is 1. The monoisotopic (exact) mass is 287 g/mol. The fraction of sp³-hybridized carbons (Fsp3) is 0.571. The van der Waals surface area contributed by atoms with Crippen molar-refractivity contribution in [2.75, 3.05) is 45.6 Å². The van der Waals surface area contributed by atoms with Crippen molar-refractivity contribution in [1.82, 2.24) is 9.80 Å². The quantitative estimate of drug-likeness (QED) is 0.861. The minimum atomic E-state index is -3.47. The maximum absolute atomic E-state index is 13.4. The first kappa shape index (κ1) is 15.1. The summed E-state index contributed by atoms with van der Waals surface area (Å²) in [5.41, 5.74) is 6.27. The Balaban J connectivity index is 2.12. The van der Waals surface area contributed by atoms with Gasteiger partial charge in [0.2, 0.25) is 0 Å². The van der Waals surface area contributed by atoms with Gasteiger partial charge in [0.25, 0.3) is 0 Å². The zero-order chi connectivity index (χ0) is 14.8. The van der Waals surface area contributed by atoms with Crippen molar-refractivity contribution in [3.63, 3.8) is 0 Å². The maximum atomic E-state index is 13.4. The first-order chi connectivity index (χ1) is 9.40. The van der Waals surface area contributed by atoms with Crippen LogP contribution in [0.25, 0.3) is 0 Å². The SMILES string of the molecule is CN1CCN(Cc2cc(N)cc(C(F)(F)CF)c2)CC1. The lowest BCUT2D eigenvalue weighted by Gasteiger charge is -2.32. The lowest BCUT2D eigenvalue weighted by atomic mass is 10.0. The number of alkyl halides is 3. The second-order valence-corrected chi connectivity index (χ2v) is 5.38. The minimum Gasteiger partial charge on any atom is -0.399 e. The van der Waals surface area contributed by atoms with Crippen molar-refractivity contribution in [2.24, 2.45) is 0 Å². The van der Waals surface area contributed by atoms with E-state index in [1.165, 1.54) is 6.07 Å². The molecule has 0 bridgehead atoms. The molecule has 6 heteroatoms. The highest BCUT2D eigenvalue weighted by Crippen LogP contribution is 2.31. The zero-order valence-electron chi connectivity index (χ0n) is 11.6. The molecule has 20 heavy (non-hydrogen) atoms. The smallest absolute Gasteiger partial charge is 0.301 e. The molecule has 0 aliphatic carbocycles. The van der Waals surface area contributed by atoms with E-state index in [2.05, 4.69) is 16.8 Å². The number of nitrogen functional groups attached to an aromatic ring is 1. The molecule has 1 aromatic carbocycles. The second-order valence-electron chi connectivity index (χ2n) is 5.38. The number of nitrogens with zero attached hydrogens (tertiary/aromatic N) is 2. The van der Waals surface area contributed by atoms with Crippen LogP contribution < -0.4 is 5.73 Å². The summed E-state index contributed by atoms with van der Waals surface area (Å²) in [6.07, 6.45) is 0. The van der Waals surface area contributed by atoms with Crippen molar-refractivity contribution in [1.29, 1.82) is 0 Å². The molecule has 1 heterocycles. The number of anilines is 1. The van der Waals surface area contributed by atoms with Gasteiger partial charge in [0.05, 0.1) is 0 Å². The third-order valence-corrected chi connectivity index (χ3v) is 3.61. The highest BCUT2D eigenvalue weighted by molar-refractivity contribution is 5.46. The molecule has 3 nitrogen and oxygen atoms in total. The molecule has 1 aliphatic heterocycles. The van der Waals surface area contributed by atoms with E-state index in [9.17, 15) is 13.2 Å². The molecule has 1 aromatic rings. The van der Waals surface area contributed by atoms with Crippen LogP contribution in [-0.2, 0) is 12.5 Å². The molecule has 112 valence electrons. The number of piperazine rings is 1. The van der Waals surface area contributed by atoms with Crippen LogP contribution in [0.4, 0.5) is 18.9 Å². The van der Waals surface area contributed by atoms with E-state index in [-0.39, 0.29) is 11.3 Å². The zero-order valence-corrected chi connectivity index (χ0v) is 11.6. The number of rotatable bonds is 4. The van der Waals surface area contributed by atoms with Gasteiger partial charge in [0.1, 0.15) is 0 Å². The molecule has 0 atom stereocenters. The number of hydrogen-bond acceptors (Lipinski definition) is 3. The molecule has 2 rings (SSSR count). The summed E-state index contributed by atoms with van der Waals surface area (Å²) in [6.45, 7) is 2.55. The van der Waals surface area contributed by atoms with Gasteiger partial charge in [-0.3, -0.25) is 4.90 Å². The Morgan fingerprint density at radius 1 is 1.15 bits per heavy atom. The number of nitrogens with two attached hydrogens (primary N) is 1. The third-order valence-electron chi connectivity index (χ3n) is 3.61. The van der Waals surface area contributed by atoms with E-state index in [1.54, 1.807) is 6.07 Å².